The number of nitrogens with two attached hydrogens (primary N) is 1. The van der Waals surface area contributed by atoms with E-state index in [9.17, 15) is 0 Å². The van der Waals surface area contributed by atoms with Crippen LogP contribution in [0.5, 0.6) is 11.6 Å². The van der Waals surface area contributed by atoms with Crippen molar-refractivity contribution in [2.45, 2.75) is 6.61 Å². The molecule has 0 atom stereocenters. The van der Waals surface area contributed by atoms with Crippen molar-refractivity contribution in [3.05, 3.63) is 41.7 Å². The van der Waals surface area contributed by atoms with E-state index in [0.717, 1.165) is 11.3 Å². The summed E-state index contributed by atoms with van der Waals surface area (Å²) in [5, 5.41) is 3.70. The number of rotatable bonds is 5. The van der Waals surface area contributed by atoms with Crippen molar-refractivity contribution in [3.63, 3.8) is 0 Å². The molecule has 2 rings (SSSR count). The highest BCUT2D eigenvalue weighted by atomic mass is 32.1. The molecule has 0 spiro atoms. The van der Waals surface area contributed by atoms with Gasteiger partial charge in [-0.3, -0.25) is 0 Å². The Bertz CT molecular complexity index is 537. The van der Waals surface area contributed by atoms with Crippen molar-refractivity contribution in [1.82, 2.24) is 5.16 Å². The zero-order valence-electron chi connectivity index (χ0n) is 9.75. The van der Waals surface area contributed by atoms with Gasteiger partial charge in [0, 0.05) is 0 Å². The first kappa shape index (κ1) is 12.4. The largest absolute Gasteiger partial charge is 0.497 e. The molecule has 6 heteroatoms. The van der Waals surface area contributed by atoms with Gasteiger partial charge in [0.25, 0.3) is 5.88 Å². The Morgan fingerprint density at radius 1 is 1.39 bits per heavy atom. The zero-order chi connectivity index (χ0) is 13.0. The molecule has 0 unspecified atom stereocenters. The minimum absolute atomic E-state index is 0.154. The van der Waals surface area contributed by atoms with Gasteiger partial charge in [0.05, 0.1) is 13.2 Å². The number of thiocarbonyl (C=S) groups is 1. The Morgan fingerprint density at radius 3 is 2.67 bits per heavy atom. The van der Waals surface area contributed by atoms with Crippen LogP contribution in [-0.4, -0.2) is 17.3 Å². The van der Waals surface area contributed by atoms with Gasteiger partial charge in [-0.25, -0.2) is 0 Å². The van der Waals surface area contributed by atoms with E-state index in [1.807, 2.05) is 24.3 Å². The molecule has 0 fully saturated rings. The third kappa shape index (κ3) is 2.98. The van der Waals surface area contributed by atoms with Crippen LogP contribution >= 0.6 is 12.2 Å². The van der Waals surface area contributed by atoms with Crippen molar-refractivity contribution in [1.29, 1.82) is 0 Å². The molecule has 5 nitrogen and oxygen atoms in total. The SMILES string of the molecule is COc1ccc(COc2cc(C(N)=S)on2)cc1. The summed E-state index contributed by atoms with van der Waals surface area (Å²) >= 11 is 4.76. The highest BCUT2D eigenvalue weighted by molar-refractivity contribution is 7.80. The predicted octanol–water partition coefficient (Wildman–Crippen LogP) is 1.90. The Balaban J connectivity index is 1.95. The third-order valence-corrected chi connectivity index (χ3v) is 2.48. The van der Waals surface area contributed by atoms with Crippen LogP contribution in [0, 0.1) is 0 Å². The molecule has 2 aromatic rings. The van der Waals surface area contributed by atoms with E-state index in [-0.39, 0.29) is 4.99 Å². The monoisotopic (exact) mass is 264 g/mol. The van der Waals surface area contributed by atoms with Gasteiger partial charge in [-0.2, -0.15) is 0 Å². The van der Waals surface area contributed by atoms with Gasteiger partial charge in [-0.05, 0) is 22.9 Å². The maximum atomic E-state index is 5.44. The number of hydrogen-bond donors (Lipinski definition) is 1. The molecule has 0 aliphatic rings. The van der Waals surface area contributed by atoms with Crippen LogP contribution < -0.4 is 15.2 Å². The Morgan fingerprint density at radius 2 is 2.11 bits per heavy atom. The van der Waals surface area contributed by atoms with Crippen LogP contribution in [0.4, 0.5) is 0 Å². The molecule has 1 aromatic carbocycles. The average molecular weight is 264 g/mol. The molecule has 0 aliphatic carbocycles. The highest BCUT2D eigenvalue weighted by Gasteiger charge is 2.07. The number of ether oxygens (including phenoxy) is 2. The fraction of sp³-hybridized carbons (Fsp3) is 0.167. The van der Waals surface area contributed by atoms with Crippen LogP contribution in [0.15, 0.2) is 34.9 Å². The molecular formula is C12H12N2O3S. The van der Waals surface area contributed by atoms with E-state index in [1.165, 1.54) is 0 Å². The number of methoxy groups -OCH3 is 1. The molecule has 94 valence electrons. The van der Waals surface area contributed by atoms with E-state index in [0.29, 0.717) is 18.2 Å². The lowest BCUT2D eigenvalue weighted by molar-refractivity contribution is 0.269. The number of nitrogens with zero attached hydrogens (tertiary/aromatic N) is 1. The maximum absolute atomic E-state index is 5.44. The summed E-state index contributed by atoms with van der Waals surface area (Å²) in [6.07, 6.45) is 0. The average Bonchev–Trinajstić information content (AvgIpc) is 2.86. The lowest BCUT2D eigenvalue weighted by Gasteiger charge is -2.03. The van der Waals surface area contributed by atoms with Crippen LogP contribution in [0.1, 0.15) is 11.3 Å². The molecule has 1 heterocycles. The van der Waals surface area contributed by atoms with Crippen molar-refractivity contribution in [2.24, 2.45) is 5.73 Å². The van der Waals surface area contributed by atoms with Gasteiger partial charge < -0.3 is 19.7 Å². The quantitative estimate of drug-likeness (QED) is 0.832. The lowest BCUT2D eigenvalue weighted by atomic mass is 10.2. The minimum atomic E-state index is 0.154. The van der Waals surface area contributed by atoms with Gasteiger partial charge in [-0.15, -0.1) is 0 Å². The molecule has 1 aromatic heterocycles. The smallest absolute Gasteiger partial charge is 0.255 e. The van der Waals surface area contributed by atoms with Crippen LogP contribution in [0.2, 0.25) is 0 Å². The summed E-state index contributed by atoms with van der Waals surface area (Å²) in [7, 11) is 1.62. The lowest BCUT2D eigenvalue weighted by Crippen LogP contribution is -2.07. The van der Waals surface area contributed by atoms with Crippen LogP contribution in [-0.2, 0) is 6.61 Å². The van der Waals surface area contributed by atoms with Crippen LogP contribution in [0.25, 0.3) is 0 Å². The highest BCUT2D eigenvalue weighted by Crippen LogP contribution is 2.15. The van der Waals surface area contributed by atoms with Gasteiger partial charge in [0.2, 0.25) is 0 Å². The summed E-state index contributed by atoms with van der Waals surface area (Å²) in [4.78, 5) is 0.154. The number of aromatic nitrogens is 1. The second kappa shape index (κ2) is 5.50. The summed E-state index contributed by atoms with van der Waals surface area (Å²) in [5.41, 5.74) is 6.39. The zero-order valence-corrected chi connectivity index (χ0v) is 10.6. The van der Waals surface area contributed by atoms with E-state index >= 15 is 0 Å². The van der Waals surface area contributed by atoms with Gasteiger partial charge in [-0.1, -0.05) is 24.4 Å². The van der Waals surface area contributed by atoms with Crippen molar-refractivity contribution in [3.8, 4) is 11.6 Å². The molecule has 0 saturated carbocycles. The minimum Gasteiger partial charge on any atom is -0.497 e. The van der Waals surface area contributed by atoms with Gasteiger partial charge in [0.15, 0.2) is 5.76 Å². The van der Waals surface area contributed by atoms with E-state index < -0.39 is 0 Å². The molecule has 0 bridgehead atoms. The topological polar surface area (TPSA) is 70.5 Å². The second-order valence-electron chi connectivity index (χ2n) is 3.53. The van der Waals surface area contributed by atoms with E-state index in [2.05, 4.69) is 5.16 Å². The fourth-order valence-electron chi connectivity index (χ4n) is 1.32. The fourth-order valence-corrected chi connectivity index (χ4v) is 1.42. The van der Waals surface area contributed by atoms with Gasteiger partial charge >= 0.3 is 0 Å². The van der Waals surface area contributed by atoms with Crippen molar-refractivity contribution >= 4 is 17.2 Å². The summed E-state index contributed by atoms with van der Waals surface area (Å²) < 4.78 is 15.4. The van der Waals surface area contributed by atoms with Gasteiger partial charge in [0.1, 0.15) is 17.3 Å². The van der Waals surface area contributed by atoms with Crippen molar-refractivity contribution < 1.29 is 14.0 Å². The Labute approximate surface area is 109 Å². The second-order valence-corrected chi connectivity index (χ2v) is 3.97. The van der Waals surface area contributed by atoms with E-state index in [4.69, 9.17) is 31.9 Å². The predicted molar refractivity (Wildman–Crippen MR) is 69.7 cm³/mol. The summed E-state index contributed by atoms with van der Waals surface area (Å²) in [5.74, 6) is 1.50. The maximum Gasteiger partial charge on any atom is 0.255 e. The number of benzene rings is 1. The standard InChI is InChI=1S/C12H12N2O3S/c1-15-9-4-2-8(3-5-9)7-16-11-6-10(12(13)18)17-14-11/h2-6H,7H2,1H3,(H2,13,18). The molecule has 0 saturated heterocycles. The molecule has 0 amide bonds. The van der Waals surface area contributed by atoms with Crippen molar-refractivity contribution in [2.75, 3.05) is 7.11 Å². The molecule has 2 N–H and O–H groups in total. The Kier molecular flexibility index (Phi) is 3.78. The number of hydrogen-bond acceptors (Lipinski definition) is 5. The first-order valence-electron chi connectivity index (χ1n) is 5.21. The Hall–Kier alpha value is -2.08. The summed E-state index contributed by atoms with van der Waals surface area (Å²) in [6, 6.07) is 9.11. The molecule has 18 heavy (non-hydrogen) atoms. The first-order chi connectivity index (χ1) is 8.69. The molecular weight excluding hydrogens is 252 g/mol. The van der Waals surface area contributed by atoms with E-state index in [1.54, 1.807) is 13.2 Å². The summed E-state index contributed by atoms with van der Waals surface area (Å²) in [6.45, 7) is 0.382. The molecule has 0 aliphatic heterocycles. The molecule has 0 radical (unpaired) electrons. The normalized spacial score (nSPS) is 10.1. The van der Waals surface area contributed by atoms with Crippen LogP contribution in [0.3, 0.4) is 0 Å². The first-order valence-corrected chi connectivity index (χ1v) is 5.62. The third-order valence-electron chi connectivity index (χ3n) is 2.28.